The normalized spacial score (nSPS) is 33.0. The van der Waals surface area contributed by atoms with Gasteiger partial charge in [-0.2, -0.15) is 4.79 Å². The summed E-state index contributed by atoms with van der Waals surface area (Å²) in [5.74, 6) is -5.54. The Balaban J connectivity index is 1.12. The minimum Gasteiger partial charge on any atom is -0.458 e. The Labute approximate surface area is 300 Å². The Kier molecular flexibility index (Phi) is 7.69. The number of Topliss-reactive ketones (excluding diaryl/α,β-unsaturated/α-hetero) is 1. The summed E-state index contributed by atoms with van der Waals surface area (Å²) in [6.45, 7) is 6.50. The number of aliphatic hydroxyl groups excluding tert-OH is 1. The van der Waals surface area contributed by atoms with Gasteiger partial charge in [-0.05, 0) is 68.8 Å². The third-order valence-electron chi connectivity index (χ3n) is 13.1. The summed E-state index contributed by atoms with van der Waals surface area (Å²) < 4.78 is 12.4. The van der Waals surface area contributed by atoms with Crippen molar-refractivity contribution >= 4 is 56.3 Å². The van der Waals surface area contributed by atoms with Crippen LogP contribution in [0, 0.1) is 29.1 Å². The van der Waals surface area contributed by atoms with Gasteiger partial charge in [-0.15, -0.1) is 0 Å². The van der Waals surface area contributed by atoms with Gasteiger partial charge >= 0.3 is 18.2 Å². The van der Waals surface area contributed by atoms with Crippen molar-refractivity contribution in [1.82, 2.24) is 0 Å². The van der Waals surface area contributed by atoms with E-state index in [1.807, 2.05) is 13.8 Å². The zero-order valence-electron chi connectivity index (χ0n) is 29.6. The van der Waals surface area contributed by atoms with Crippen LogP contribution in [0.3, 0.4) is 0 Å². The standard InChI is InChI=1S/C42H42N2O8/c1-22-17-31-40(49,37(22)48)19-24(21-45)18-30-36-39(3,4)42(36,52-33(47)20-44-43)38(23(2)41(30,31)50)51-32(46)10-6-7-25-11-12-28-14-13-26-8-5-9-27-15-16-29(25)35(28)34(26)27/h5,8-9,11-18,20,23,30-31,36,38,45,49-50H,6-7,10,19,21H2,1-4H3/t23-,30+,31?,36?,38-,40-,41-,42-/m1/s1. The van der Waals surface area contributed by atoms with E-state index in [0.29, 0.717) is 30.2 Å². The lowest BCUT2D eigenvalue weighted by atomic mass is 9.59. The number of benzene rings is 4. The van der Waals surface area contributed by atoms with E-state index >= 15 is 0 Å². The van der Waals surface area contributed by atoms with Crippen molar-refractivity contribution in [3.05, 3.63) is 89.0 Å². The van der Waals surface area contributed by atoms with Crippen LogP contribution in [0.1, 0.15) is 52.5 Å². The maximum absolute atomic E-state index is 13.9. The van der Waals surface area contributed by atoms with Crippen molar-refractivity contribution in [2.45, 2.75) is 76.3 Å². The molecule has 3 N–H and O–H groups in total. The highest BCUT2D eigenvalue weighted by molar-refractivity contribution is 6.23. The first kappa shape index (κ1) is 34.4. The van der Waals surface area contributed by atoms with Crippen molar-refractivity contribution in [3.8, 4) is 0 Å². The van der Waals surface area contributed by atoms with Gasteiger partial charge in [0.05, 0.1) is 12.2 Å². The Morgan fingerprint density at radius 1 is 1.00 bits per heavy atom. The number of rotatable bonds is 8. The number of carbonyl (C=O) groups is 3. The molecule has 4 aliphatic carbocycles. The SMILES string of the molecule is CC1=CC2[C@@]3(O)[C@H](C)[C@@H](OC(=O)CCCc4ccc5ccc6cccc7ccc4c5c67)[C@]4(OC(=O)C=[N+]=[N-])C([C@@H]3C=C(CO)C[C@]2(O)C1=O)C4(C)C. The van der Waals surface area contributed by atoms with Gasteiger partial charge in [-0.25, -0.2) is 4.79 Å². The lowest BCUT2D eigenvalue weighted by Crippen LogP contribution is -2.66. The third-order valence-corrected chi connectivity index (χ3v) is 13.1. The number of esters is 2. The Morgan fingerprint density at radius 2 is 1.67 bits per heavy atom. The van der Waals surface area contributed by atoms with E-state index in [2.05, 4.69) is 59.4 Å². The van der Waals surface area contributed by atoms with Crippen LogP contribution < -0.4 is 0 Å². The van der Waals surface area contributed by atoms with Gasteiger partial charge in [0.25, 0.3) is 0 Å². The average Bonchev–Trinajstić information content (AvgIpc) is 3.54. The van der Waals surface area contributed by atoms with E-state index in [9.17, 15) is 29.7 Å². The van der Waals surface area contributed by atoms with Crippen molar-refractivity contribution in [2.75, 3.05) is 6.61 Å². The van der Waals surface area contributed by atoms with Gasteiger partial charge in [0.1, 0.15) is 11.7 Å². The number of aryl methyl sites for hydroxylation is 1. The number of ketones is 1. The summed E-state index contributed by atoms with van der Waals surface area (Å²) in [6, 6.07) is 19.0. The first-order valence-electron chi connectivity index (χ1n) is 18.0. The summed E-state index contributed by atoms with van der Waals surface area (Å²) in [6.07, 6.45) is 3.65. The fraction of sp³-hybridized carbons (Fsp3) is 0.429. The predicted octanol–water partition coefficient (Wildman–Crippen LogP) is 5.25. The molecule has 4 aromatic rings. The van der Waals surface area contributed by atoms with Crippen LogP contribution in [0.4, 0.5) is 0 Å². The maximum atomic E-state index is 13.9. The molecule has 10 nitrogen and oxygen atoms in total. The molecular formula is C42H42N2O8. The van der Waals surface area contributed by atoms with Crippen LogP contribution in [0.15, 0.2) is 77.9 Å². The van der Waals surface area contributed by atoms with Crippen LogP contribution in [-0.4, -0.2) is 73.6 Å². The topological polar surface area (TPSA) is 167 Å². The monoisotopic (exact) mass is 702 g/mol. The largest absolute Gasteiger partial charge is 0.458 e. The highest BCUT2D eigenvalue weighted by Gasteiger charge is 2.88. The second-order valence-corrected chi connectivity index (χ2v) is 15.9. The molecule has 268 valence electrons. The third kappa shape index (κ3) is 4.51. The van der Waals surface area contributed by atoms with Crippen LogP contribution in [0.25, 0.3) is 37.8 Å². The smallest absolute Gasteiger partial charge is 0.414 e. The molecular weight excluding hydrogens is 660 g/mol. The van der Waals surface area contributed by atoms with E-state index in [-0.39, 0.29) is 12.8 Å². The zero-order valence-corrected chi connectivity index (χ0v) is 29.6. The summed E-state index contributed by atoms with van der Waals surface area (Å²) in [5.41, 5.74) is 4.72. The highest BCUT2D eigenvalue weighted by atomic mass is 16.6. The molecule has 0 radical (unpaired) electrons. The van der Waals surface area contributed by atoms with Gasteiger partial charge in [0.2, 0.25) is 0 Å². The number of hydrogen-bond donors (Lipinski definition) is 3. The van der Waals surface area contributed by atoms with Crippen LogP contribution >= 0.6 is 0 Å². The van der Waals surface area contributed by atoms with E-state index in [1.54, 1.807) is 26.0 Å². The van der Waals surface area contributed by atoms with Crippen molar-refractivity contribution in [1.29, 1.82) is 0 Å². The minimum atomic E-state index is -2.02. The Bertz CT molecular complexity index is 2290. The van der Waals surface area contributed by atoms with E-state index in [0.717, 1.165) is 16.3 Å². The highest BCUT2D eigenvalue weighted by Crippen LogP contribution is 2.77. The molecule has 4 aromatic carbocycles. The second-order valence-electron chi connectivity index (χ2n) is 15.9. The van der Waals surface area contributed by atoms with E-state index < -0.39 is 76.3 Å². The molecule has 2 unspecified atom stereocenters. The number of carbonyl (C=O) groups excluding carboxylic acids is 3. The molecule has 8 atom stereocenters. The lowest BCUT2D eigenvalue weighted by molar-refractivity contribution is -0.227. The molecule has 0 aromatic heterocycles. The lowest BCUT2D eigenvalue weighted by Gasteiger charge is -2.53. The Morgan fingerprint density at radius 3 is 2.37 bits per heavy atom. The predicted molar refractivity (Wildman–Crippen MR) is 193 cm³/mol. The summed E-state index contributed by atoms with van der Waals surface area (Å²) in [4.78, 5) is 43.2. The van der Waals surface area contributed by atoms with Crippen molar-refractivity contribution in [2.24, 2.45) is 29.1 Å². The molecule has 2 saturated carbocycles. The molecule has 0 saturated heterocycles. The van der Waals surface area contributed by atoms with Gasteiger partial charge < -0.3 is 30.3 Å². The van der Waals surface area contributed by atoms with Gasteiger partial charge in [0.15, 0.2) is 11.4 Å². The summed E-state index contributed by atoms with van der Waals surface area (Å²) in [5, 5.41) is 42.3. The fourth-order valence-electron chi connectivity index (χ4n) is 10.7. The van der Waals surface area contributed by atoms with E-state index in [4.69, 9.17) is 15.0 Å². The zero-order chi connectivity index (χ0) is 37.0. The number of ether oxygens (including phenoxy) is 2. The number of hydrogen-bond acceptors (Lipinski definition) is 8. The second kappa shape index (κ2) is 11.6. The number of aliphatic hydroxyl groups is 3. The molecule has 0 spiro atoms. The molecule has 2 fully saturated rings. The molecule has 10 heteroatoms. The average molecular weight is 703 g/mol. The van der Waals surface area contributed by atoms with Crippen LogP contribution in [0.5, 0.6) is 0 Å². The van der Waals surface area contributed by atoms with Crippen LogP contribution in [0.2, 0.25) is 0 Å². The van der Waals surface area contributed by atoms with Crippen LogP contribution in [-0.2, 0) is 30.3 Å². The molecule has 0 heterocycles. The van der Waals surface area contributed by atoms with Crippen molar-refractivity contribution < 1.29 is 44.0 Å². The molecule has 4 aliphatic rings. The number of fused-ring (bicyclic) bond motifs is 5. The molecule has 0 bridgehead atoms. The van der Waals surface area contributed by atoms with Gasteiger partial charge in [0, 0.05) is 41.9 Å². The minimum absolute atomic E-state index is 0.0414. The quantitative estimate of drug-likeness (QED) is 0.0559. The fourth-order valence-corrected chi connectivity index (χ4v) is 10.7. The number of nitrogens with zero attached hydrogens (tertiary/aromatic N) is 2. The molecule has 0 amide bonds. The maximum Gasteiger partial charge on any atom is 0.414 e. The molecule has 8 rings (SSSR count). The molecule has 0 aliphatic heterocycles. The summed E-state index contributed by atoms with van der Waals surface area (Å²) >= 11 is 0. The van der Waals surface area contributed by atoms with E-state index in [1.165, 1.54) is 21.5 Å². The first-order chi connectivity index (χ1) is 24.7. The Hall–Kier alpha value is -4.73. The van der Waals surface area contributed by atoms with Gasteiger partial charge in [-0.3, -0.25) is 9.59 Å². The van der Waals surface area contributed by atoms with Crippen molar-refractivity contribution in [3.63, 3.8) is 0 Å². The van der Waals surface area contributed by atoms with Gasteiger partial charge in [-0.1, -0.05) is 87.5 Å². The summed E-state index contributed by atoms with van der Waals surface area (Å²) in [7, 11) is 0. The first-order valence-corrected chi connectivity index (χ1v) is 18.0. The molecule has 52 heavy (non-hydrogen) atoms.